The molecular formula is C22H26ClN5O4S. The van der Waals surface area contributed by atoms with Gasteiger partial charge in [-0.15, -0.1) is 0 Å². The highest BCUT2D eigenvalue weighted by molar-refractivity contribution is 7.89. The van der Waals surface area contributed by atoms with Gasteiger partial charge in [0.25, 0.3) is 15.9 Å². The number of carbonyl (C=O) groups excluding carboxylic acids is 1. The maximum Gasteiger partial charge on any atom is 0.263 e. The van der Waals surface area contributed by atoms with Gasteiger partial charge in [0.1, 0.15) is 5.76 Å². The summed E-state index contributed by atoms with van der Waals surface area (Å²) in [6.45, 7) is 4.26. The van der Waals surface area contributed by atoms with E-state index in [1.165, 1.54) is 21.4 Å². The maximum atomic E-state index is 13.5. The Kier molecular flexibility index (Phi) is 7.06. The van der Waals surface area contributed by atoms with Gasteiger partial charge < -0.3 is 14.6 Å². The molecular weight excluding hydrogens is 466 g/mol. The Morgan fingerprint density at radius 2 is 1.88 bits per heavy atom. The molecule has 176 valence electrons. The van der Waals surface area contributed by atoms with Crippen molar-refractivity contribution < 1.29 is 17.6 Å². The molecule has 2 aromatic heterocycles. The van der Waals surface area contributed by atoms with Crippen molar-refractivity contribution in [2.45, 2.75) is 31.5 Å². The van der Waals surface area contributed by atoms with E-state index in [1.807, 2.05) is 31.2 Å². The van der Waals surface area contributed by atoms with Crippen LogP contribution in [-0.4, -0.2) is 54.6 Å². The van der Waals surface area contributed by atoms with Gasteiger partial charge in [0.05, 0.1) is 18.4 Å². The molecule has 0 aliphatic carbocycles. The van der Waals surface area contributed by atoms with Crippen LogP contribution < -0.4 is 10.2 Å². The first kappa shape index (κ1) is 23.3. The van der Waals surface area contributed by atoms with Crippen LogP contribution in [0.15, 0.2) is 58.3 Å². The number of nitrogens with one attached hydrogen (secondary N) is 1. The molecule has 11 heteroatoms. The monoisotopic (exact) mass is 491 g/mol. The van der Waals surface area contributed by atoms with Gasteiger partial charge in [0.15, 0.2) is 0 Å². The van der Waals surface area contributed by atoms with E-state index >= 15 is 0 Å². The van der Waals surface area contributed by atoms with Crippen molar-refractivity contribution in [1.29, 1.82) is 0 Å². The van der Waals surface area contributed by atoms with E-state index in [2.05, 4.69) is 15.3 Å². The number of rotatable bonds is 8. The number of halogens is 1. The predicted molar refractivity (Wildman–Crippen MR) is 125 cm³/mol. The SMILES string of the molecule is CCCn1cc(C(=O)NCc2ccco2)c(S(=O)(=O)N2CCN(c3ccc(Cl)cc3)CC2)n1. The molecule has 1 fully saturated rings. The minimum Gasteiger partial charge on any atom is -0.467 e. The zero-order valence-electron chi connectivity index (χ0n) is 18.3. The Hall–Kier alpha value is -2.82. The van der Waals surface area contributed by atoms with E-state index in [-0.39, 0.29) is 17.1 Å². The molecule has 0 bridgehead atoms. The van der Waals surface area contributed by atoms with Crippen LogP contribution in [-0.2, 0) is 23.1 Å². The molecule has 0 atom stereocenters. The largest absolute Gasteiger partial charge is 0.467 e. The number of amides is 1. The van der Waals surface area contributed by atoms with Crippen molar-refractivity contribution in [3.63, 3.8) is 0 Å². The van der Waals surface area contributed by atoms with E-state index in [4.69, 9.17) is 16.0 Å². The van der Waals surface area contributed by atoms with Crippen LogP contribution in [0.4, 0.5) is 5.69 Å². The van der Waals surface area contributed by atoms with Crippen LogP contribution in [0.25, 0.3) is 0 Å². The summed E-state index contributed by atoms with van der Waals surface area (Å²) in [5.41, 5.74) is 1.02. The quantitative estimate of drug-likeness (QED) is 0.520. The lowest BCUT2D eigenvalue weighted by Crippen LogP contribution is -2.49. The van der Waals surface area contributed by atoms with E-state index < -0.39 is 15.9 Å². The molecule has 0 spiro atoms. The molecule has 4 rings (SSSR count). The van der Waals surface area contributed by atoms with Crippen LogP contribution in [0.5, 0.6) is 0 Å². The van der Waals surface area contributed by atoms with Crippen LogP contribution in [0.1, 0.15) is 29.5 Å². The maximum absolute atomic E-state index is 13.5. The molecule has 3 heterocycles. The lowest BCUT2D eigenvalue weighted by Gasteiger charge is -2.35. The fraction of sp³-hybridized carbons (Fsp3) is 0.364. The first-order valence-electron chi connectivity index (χ1n) is 10.8. The number of nitrogens with zero attached hydrogens (tertiary/aromatic N) is 4. The van der Waals surface area contributed by atoms with Gasteiger partial charge in [0, 0.05) is 49.6 Å². The molecule has 1 amide bonds. The molecule has 1 N–H and O–H groups in total. The van der Waals surface area contributed by atoms with Crippen molar-refractivity contribution in [3.8, 4) is 0 Å². The summed E-state index contributed by atoms with van der Waals surface area (Å²) in [7, 11) is -3.95. The standard InChI is InChI=1S/C22H26ClN5O4S/c1-2-9-27-16-20(21(29)24-15-19-4-3-14-32-19)22(25-27)33(30,31)28-12-10-26(11-13-28)18-7-5-17(23)6-8-18/h3-8,14,16H,2,9-13,15H2,1H3,(H,24,29). The average Bonchev–Trinajstić information content (AvgIpc) is 3.49. The van der Waals surface area contributed by atoms with Crippen molar-refractivity contribution in [1.82, 2.24) is 19.4 Å². The minimum atomic E-state index is -3.95. The predicted octanol–water partition coefficient (Wildman–Crippen LogP) is 2.98. The second-order valence-corrected chi connectivity index (χ2v) is 10.0. The summed E-state index contributed by atoms with van der Waals surface area (Å²) in [6, 6.07) is 10.9. The molecule has 1 aliphatic rings. The molecule has 1 aromatic carbocycles. The summed E-state index contributed by atoms with van der Waals surface area (Å²) in [4.78, 5) is 15.0. The molecule has 33 heavy (non-hydrogen) atoms. The number of hydrogen-bond donors (Lipinski definition) is 1. The fourth-order valence-electron chi connectivity index (χ4n) is 3.73. The second-order valence-electron chi connectivity index (χ2n) is 7.74. The molecule has 0 unspecified atom stereocenters. The Morgan fingerprint density at radius 1 is 1.15 bits per heavy atom. The summed E-state index contributed by atoms with van der Waals surface area (Å²) in [5, 5.41) is 7.43. The minimum absolute atomic E-state index is 0.0372. The van der Waals surface area contributed by atoms with Crippen LogP contribution in [0, 0.1) is 0 Å². The smallest absolute Gasteiger partial charge is 0.263 e. The molecule has 0 saturated carbocycles. The highest BCUT2D eigenvalue weighted by atomic mass is 35.5. The number of aryl methyl sites for hydroxylation is 1. The van der Waals surface area contributed by atoms with Gasteiger partial charge in [-0.1, -0.05) is 18.5 Å². The zero-order chi connectivity index (χ0) is 23.4. The van der Waals surface area contributed by atoms with Crippen molar-refractivity contribution in [2.24, 2.45) is 0 Å². The fourth-order valence-corrected chi connectivity index (χ4v) is 5.38. The Balaban J connectivity index is 1.51. The summed E-state index contributed by atoms with van der Waals surface area (Å²) < 4.78 is 35.1. The van der Waals surface area contributed by atoms with Gasteiger partial charge in [-0.3, -0.25) is 9.48 Å². The normalized spacial score (nSPS) is 15.0. The lowest BCUT2D eigenvalue weighted by atomic mass is 10.2. The number of carbonyl (C=O) groups is 1. The Bertz CT molecular complexity index is 1180. The Labute approximate surface area is 198 Å². The third kappa shape index (κ3) is 5.23. The molecule has 1 saturated heterocycles. The number of hydrogen-bond acceptors (Lipinski definition) is 6. The number of piperazine rings is 1. The topological polar surface area (TPSA) is 101 Å². The van der Waals surface area contributed by atoms with E-state index in [1.54, 1.807) is 12.1 Å². The van der Waals surface area contributed by atoms with Crippen LogP contribution in [0.3, 0.4) is 0 Å². The van der Waals surface area contributed by atoms with Gasteiger partial charge in [-0.25, -0.2) is 8.42 Å². The van der Waals surface area contributed by atoms with E-state index in [0.29, 0.717) is 43.5 Å². The van der Waals surface area contributed by atoms with Gasteiger partial charge in [-0.2, -0.15) is 9.40 Å². The van der Waals surface area contributed by atoms with Gasteiger partial charge in [0.2, 0.25) is 5.03 Å². The average molecular weight is 492 g/mol. The highest BCUT2D eigenvalue weighted by Crippen LogP contribution is 2.24. The van der Waals surface area contributed by atoms with Gasteiger partial charge >= 0.3 is 0 Å². The summed E-state index contributed by atoms with van der Waals surface area (Å²) >= 11 is 5.96. The highest BCUT2D eigenvalue weighted by Gasteiger charge is 2.34. The van der Waals surface area contributed by atoms with Crippen LogP contribution >= 0.6 is 11.6 Å². The number of benzene rings is 1. The molecule has 3 aromatic rings. The molecule has 0 radical (unpaired) electrons. The number of anilines is 1. The second kappa shape index (κ2) is 9.98. The lowest BCUT2D eigenvalue weighted by molar-refractivity contribution is 0.0944. The number of furan rings is 1. The van der Waals surface area contributed by atoms with E-state index in [0.717, 1.165) is 12.1 Å². The van der Waals surface area contributed by atoms with Crippen molar-refractivity contribution in [3.05, 3.63) is 65.2 Å². The molecule has 1 aliphatic heterocycles. The number of sulfonamides is 1. The van der Waals surface area contributed by atoms with E-state index in [9.17, 15) is 13.2 Å². The van der Waals surface area contributed by atoms with Crippen molar-refractivity contribution in [2.75, 3.05) is 31.1 Å². The third-order valence-corrected chi connectivity index (χ3v) is 7.53. The van der Waals surface area contributed by atoms with Crippen LogP contribution in [0.2, 0.25) is 5.02 Å². The Morgan fingerprint density at radius 3 is 2.52 bits per heavy atom. The molecule has 9 nitrogen and oxygen atoms in total. The van der Waals surface area contributed by atoms with Crippen molar-refractivity contribution >= 4 is 33.2 Å². The first-order valence-corrected chi connectivity index (χ1v) is 12.6. The summed E-state index contributed by atoms with van der Waals surface area (Å²) in [6.07, 6.45) is 3.77. The summed E-state index contributed by atoms with van der Waals surface area (Å²) in [5.74, 6) is 0.0687. The third-order valence-electron chi connectivity index (χ3n) is 5.44. The van der Waals surface area contributed by atoms with Gasteiger partial charge in [-0.05, 0) is 42.8 Å². The zero-order valence-corrected chi connectivity index (χ0v) is 19.8. The number of aromatic nitrogens is 2. The first-order chi connectivity index (χ1) is 15.9.